The lowest BCUT2D eigenvalue weighted by atomic mass is 10.0. The van der Waals surface area contributed by atoms with Crippen molar-refractivity contribution in [3.8, 4) is 0 Å². The van der Waals surface area contributed by atoms with Gasteiger partial charge < -0.3 is 4.74 Å². The zero-order chi connectivity index (χ0) is 7.61. The predicted octanol–water partition coefficient (Wildman–Crippen LogP) is 1.98. The molecule has 0 aliphatic carbocycles. The van der Waals surface area contributed by atoms with Crippen LogP contribution in [0.5, 0.6) is 0 Å². The molecule has 1 nitrogen and oxygen atoms in total. The molecule has 0 bridgehead atoms. The van der Waals surface area contributed by atoms with Gasteiger partial charge in [-0.3, -0.25) is 0 Å². The van der Waals surface area contributed by atoms with Gasteiger partial charge in [0.2, 0.25) is 0 Å². The lowest BCUT2D eigenvalue weighted by Crippen LogP contribution is -2.30. The lowest BCUT2D eigenvalue weighted by Gasteiger charge is -2.23. The van der Waals surface area contributed by atoms with Crippen LogP contribution < -0.4 is 0 Å². The standard InChI is InChI=1S/C6H9F3O/c7-6(8,9)5-2-1-3-10-4-5/h5H,1-4H2/t5-/m0/s1. The highest BCUT2D eigenvalue weighted by molar-refractivity contribution is 4.69. The summed E-state index contributed by atoms with van der Waals surface area (Å²) in [5, 5.41) is 0. The first-order chi connectivity index (χ1) is 4.61. The van der Waals surface area contributed by atoms with Crippen LogP contribution in [-0.2, 0) is 4.74 Å². The maximum atomic E-state index is 11.9. The van der Waals surface area contributed by atoms with Gasteiger partial charge in [0, 0.05) is 6.61 Å². The van der Waals surface area contributed by atoms with Crippen molar-refractivity contribution in [2.45, 2.75) is 19.0 Å². The van der Waals surface area contributed by atoms with Crippen molar-refractivity contribution in [2.24, 2.45) is 5.92 Å². The Kier molecular flexibility index (Phi) is 2.18. The van der Waals surface area contributed by atoms with Gasteiger partial charge in [0.1, 0.15) is 0 Å². The Balaban J connectivity index is 2.39. The van der Waals surface area contributed by atoms with E-state index >= 15 is 0 Å². The maximum Gasteiger partial charge on any atom is 0.394 e. The van der Waals surface area contributed by atoms with Crippen molar-refractivity contribution in [2.75, 3.05) is 13.2 Å². The quantitative estimate of drug-likeness (QED) is 0.518. The van der Waals surface area contributed by atoms with E-state index in [0.717, 1.165) is 0 Å². The fraction of sp³-hybridized carbons (Fsp3) is 1.00. The summed E-state index contributed by atoms with van der Waals surface area (Å²) in [4.78, 5) is 0. The SMILES string of the molecule is FC(F)(F)[C@H]1CCCOC1. The number of halogens is 3. The van der Waals surface area contributed by atoms with Crippen LogP contribution in [0.25, 0.3) is 0 Å². The maximum absolute atomic E-state index is 11.9. The van der Waals surface area contributed by atoms with E-state index in [1.165, 1.54) is 0 Å². The first-order valence-electron chi connectivity index (χ1n) is 3.25. The van der Waals surface area contributed by atoms with Crippen LogP contribution in [0.15, 0.2) is 0 Å². The molecule has 0 spiro atoms. The molecule has 0 saturated carbocycles. The third-order valence-electron chi connectivity index (χ3n) is 1.62. The largest absolute Gasteiger partial charge is 0.394 e. The molecule has 0 aromatic carbocycles. The van der Waals surface area contributed by atoms with Crippen LogP contribution in [0.2, 0.25) is 0 Å². The molecule has 0 N–H and O–H groups in total. The summed E-state index contributed by atoms with van der Waals surface area (Å²) < 4.78 is 40.3. The summed E-state index contributed by atoms with van der Waals surface area (Å²) in [6.45, 7) is 0.329. The van der Waals surface area contributed by atoms with Crippen LogP contribution in [-0.4, -0.2) is 19.4 Å². The molecule has 10 heavy (non-hydrogen) atoms. The van der Waals surface area contributed by atoms with Crippen LogP contribution in [0, 0.1) is 5.92 Å². The average molecular weight is 154 g/mol. The Morgan fingerprint density at radius 3 is 2.30 bits per heavy atom. The molecular formula is C6H9F3O. The highest BCUT2D eigenvalue weighted by Gasteiger charge is 2.40. The van der Waals surface area contributed by atoms with Crippen LogP contribution >= 0.6 is 0 Å². The third kappa shape index (κ3) is 1.87. The Morgan fingerprint density at radius 2 is 2.00 bits per heavy atom. The van der Waals surface area contributed by atoms with Gasteiger partial charge in [-0.15, -0.1) is 0 Å². The van der Waals surface area contributed by atoms with Gasteiger partial charge >= 0.3 is 6.18 Å². The monoisotopic (exact) mass is 154 g/mol. The molecule has 60 valence electrons. The normalized spacial score (nSPS) is 28.5. The summed E-state index contributed by atoms with van der Waals surface area (Å²) in [5.41, 5.74) is 0. The molecule has 0 radical (unpaired) electrons. The van der Waals surface area contributed by atoms with Gasteiger partial charge in [0.15, 0.2) is 0 Å². The van der Waals surface area contributed by atoms with Crippen molar-refractivity contribution < 1.29 is 17.9 Å². The van der Waals surface area contributed by atoms with E-state index in [0.29, 0.717) is 13.0 Å². The van der Waals surface area contributed by atoms with Crippen molar-refractivity contribution in [3.05, 3.63) is 0 Å². The molecule has 0 aromatic rings. The second kappa shape index (κ2) is 2.78. The van der Waals surface area contributed by atoms with Crippen molar-refractivity contribution in [1.29, 1.82) is 0 Å². The van der Waals surface area contributed by atoms with E-state index < -0.39 is 12.1 Å². The van der Waals surface area contributed by atoms with Gasteiger partial charge in [0.05, 0.1) is 12.5 Å². The Hall–Kier alpha value is -0.250. The number of hydrogen-bond donors (Lipinski definition) is 0. The second-order valence-electron chi connectivity index (χ2n) is 2.46. The topological polar surface area (TPSA) is 9.23 Å². The van der Waals surface area contributed by atoms with Crippen LogP contribution in [0.1, 0.15) is 12.8 Å². The van der Waals surface area contributed by atoms with E-state index in [9.17, 15) is 13.2 Å². The van der Waals surface area contributed by atoms with Gasteiger partial charge in [-0.25, -0.2) is 0 Å². The highest BCUT2D eigenvalue weighted by Crippen LogP contribution is 2.31. The molecule has 1 atom stereocenters. The second-order valence-corrected chi connectivity index (χ2v) is 2.46. The number of hydrogen-bond acceptors (Lipinski definition) is 1. The highest BCUT2D eigenvalue weighted by atomic mass is 19.4. The minimum atomic E-state index is -4.06. The van der Waals surface area contributed by atoms with Crippen molar-refractivity contribution >= 4 is 0 Å². The predicted molar refractivity (Wildman–Crippen MR) is 29.6 cm³/mol. The molecule has 1 fully saturated rings. The van der Waals surface area contributed by atoms with E-state index in [1.54, 1.807) is 0 Å². The molecular weight excluding hydrogens is 145 g/mol. The van der Waals surface area contributed by atoms with E-state index in [4.69, 9.17) is 0 Å². The summed E-state index contributed by atoms with van der Waals surface area (Å²) in [7, 11) is 0. The molecule has 0 aromatic heterocycles. The Labute approximate surface area is 57.2 Å². The molecule has 1 saturated heterocycles. The molecule has 1 aliphatic rings. The minimum Gasteiger partial charge on any atom is -0.381 e. The number of rotatable bonds is 0. The van der Waals surface area contributed by atoms with E-state index in [2.05, 4.69) is 4.74 Å². The van der Waals surface area contributed by atoms with Crippen molar-refractivity contribution in [1.82, 2.24) is 0 Å². The first-order valence-corrected chi connectivity index (χ1v) is 3.25. The minimum absolute atomic E-state index is 0.149. The fourth-order valence-electron chi connectivity index (χ4n) is 0.999. The van der Waals surface area contributed by atoms with Gasteiger partial charge in [0.25, 0.3) is 0 Å². The van der Waals surface area contributed by atoms with Crippen LogP contribution in [0.4, 0.5) is 13.2 Å². The molecule has 4 heteroatoms. The molecule has 0 unspecified atom stereocenters. The summed E-state index contributed by atoms with van der Waals surface area (Å²) in [6, 6.07) is 0. The molecule has 1 heterocycles. The van der Waals surface area contributed by atoms with Crippen molar-refractivity contribution in [3.63, 3.8) is 0 Å². The molecule has 0 amide bonds. The van der Waals surface area contributed by atoms with Gasteiger partial charge in [-0.05, 0) is 12.8 Å². The van der Waals surface area contributed by atoms with Gasteiger partial charge in [-0.1, -0.05) is 0 Å². The van der Waals surface area contributed by atoms with E-state index in [1.807, 2.05) is 0 Å². The summed E-state index contributed by atoms with van der Waals surface area (Å²) >= 11 is 0. The smallest absolute Gasteiger partial charge is 0.381 e. The zero-order valence-corrected chi connectivity index (χ0v) is 5.45. The van der Waals surface area contributed by atoms with Crippen LogP contribution in [0.3, 0.4) is 0 Å². The van der Waals surface area contributed by atoms with Gasteiger partial charge in [-0.2, -0.15) is 13.2 Å². The first kappa shape index (κ1) is 7.85. The molecule has 1 rings (SSSR count). The zero-order valence-electron chi connectivity index (χ0n) is 5.45. The van der Waals surface area contributed by atoms with E-state index in [-0.39, 0.29) is 13.0 Å². The Morgan fingerprint density at radius 1 is 1.30 bits per heavy atom. The molecule has 1 aliphatic heterocycles. The summed E-state index contributed by atoms with van der Waals surface area (Å²) in [5.74, 6) is -1.22. The summed E-state index contributed by atoms with van der Waals surface area (Å²) in [6.07, 6.45) is -3.30. The lowest BCUT2D eigenvalue weighted by molar-refractivity contribution is -0.199. The third-order valence-corrected chi connectivity index (χ3v) is 1.62. The Bertz CT molecular complexity index is 104. The fourth-order valence-corrected chi connectivity index (χ4v) is 0.999. The number of ether oxygens (including phenoxy) is 1. The average Bonchev–Trinajstić information content (AvgIpc) is 1.88. The number of alkyl halides is 3.